The van der Waals surface area contributed by atoms with Gasteiger partial charge in [-0.2, -0.15) is 0 Å². The highest BCUT2D eigenvalue weighted by molar-refractivity contribution is 6.31. The third-order valence-corrected chi connectivity index (χ3v) is 2.48. The van der Waals surface area contributed by atoms with Crippen molar-refractivity contribution in [1.29, 1.82) is 0 Å². The lowest BCUT2D eigenvalue weighted by Gasteiger charge is -2.27. The van der Waals surface area contributed by atoms with Gasteiger partial charge in [-0.15, -0.1) is 0 Å². The second kappa shape index (κ2) is 4.05. The number of halogens is 1. The summed E-state index contributed by atoms with van der Waals surface area (Å²) in [5.74, 6) is 0. The zero-order chi connectivity index (χ0) is 9.90. The van der Waals surface area contributed by atoms with Crippen LogP contribution in [-0.2, 0) is 10.3 Å². The summed E-state index contributed by atoms with van der Waals surface area (Å²) in [6.45, 7) is 2.28. The maximum atomic E-state index is 5.97. The van der Waals surface area contributed by atoms with E-state index in [1.54, 1.807) is 19.5 Å². The molecule has 0 aliphatic rings. The second-order valence-corrected chi connectivity index (χ2v) is 3.40. The van der Waals surface area contributed by atoms with Crippen LogP contribution in [0.2, 0.25) is 5.02 Å². The fraction of sp³-hybridized carbons (Fsp3) is 0.444. The minimum atomic E-state index is -0.528. The molecule has 0 saturated heterocycles. The van der Waals surface area contributed by atoms with E-state index < -0.39 is 5.60 Å². The lowest BCUT2D eigenvalue weighted by Crippen LogP contribution is -2.34. The molecule has 0 aromatic carbocycles. The molecule has 1 aromatic heterocycles. The Labute approximate surface area is 82.9 Å². The fourth-order valence-corrected chi connectivity index (χ4v) is 1.43. The summed E-state index contributed by atoms with van der Waals surface area (Å²) < 4.78 is 5.32. The Morgan fingerprint density at radius 3 is 2.85 bits per heavy atom. The number of nitrogens with zero attached hydrogens (tertiary/aromatic N) is 1. The molecule has 0 bridgehead atoms. The highest BCUT2D eigenvalue weighted by atomic mass is 35.5. The predicted octanol–water partition coefficient (Wildman–Crippen LogP) is 1.56. The van der Waals surface area contributed by atoms with E-state index in [1.807, 2.05) is 13.0 Å². The molecule has 3 nitrogen and oxygen atoms in total. The van der Waals surface area contributed by atoms with Crippen LogP contribution in [0.3, 0.4) is 0 Å². The van der Waals surface area contributed by atoms with Crippen LogP contribution in [0.25, 0.3) is 0 Å². The topological polar surface area (TPSA) is 48.1 Å². The van der Waals surface area contributed by atoms with Crippen molar-refractivity contribution in [2.75, 3.05) is 13.7 Å². The van der Waals surface area contributed by atoms with Gasteiger partial charge in [-0.1, -0.05) is 11.6 Å². The smallest absolute Gasteiger partial charge is 0.104 e. The first-order valence-corrected chi connectivity index (χ1v) is 4.37. The van der Waals surface area contributed by atoms with Crippen LogP contribution in [0.15, 0.2) is 18.5 Å². The Kier molecular flexibility index (Phi) is 3.25. The van der Waals surface area contributed by atoms with Gasteiger partial charge in [-0.05, 0) is 13.0 Å². The van der Waals surface area contributed by atoms with Crippen molar-refractivity contribution in [3.63, 3.8) is 0 Å². The maximum absolute atomic E-state index is 5.97. The van der Waals surface area contributed by atoms with Crippen molar-refractivity contribution in [2.45, 2.75) is 12.5 Å². The number of nitrogens with two attached hydrogens (primary N) is 1. The normalized spacial score (nSPS) is 15.4. The predicted molar refractivity (Wildman–Crippen MR) is 52.7 cm³/mol. The van der Waals surface area contributed by atoms with Crippen molar-refractivity contribution < 1.29 is 4.74 Å². The number of rotatable bonds is 3. The Balaban J connectivity index is 3.12. The standard InChI is InChI=1S/C9H13ClN2O/c1-9(6-11,13-2)7-3-4-12-5-8(7)10/h3-5H,6,11H2,1-2H3. The van der Waals surface area contributed by atoms with Crippen LogP contribution in [0, 0.1) is 0 Å². The minimum absolute atomic E-state index is 0.382. The van der Waals surface area contributed by atoms with Gasteiger partial charge in [-0.3, -0.25) is 4.98 Å². The first-order chi connectivity index (χ1) is 6.14. The summed E-state index contributed by atoms with van der Waals surface area (Å²) in [6.07, 6.45) is 3.26. The minimum Gasteiger partial charge on any atom is -0.372 e. The SMILES string of the molecule is COC(C)(CN)c1ccncc1Cl. The van der Waals surface area contributed by atoms with Crippen molar-refractivity contribution in [3.8, 4) is 0 Å². The molecule has 1 heterocycles. The number of pyridine rings is 1. The first-order valence-electron chi connectivity index (χ1n) is 3.99. The van der Waals surface area contributed by atoms with E-state index in [1.165, 1.54) is 0 Å². The fourth-order valence-electron chi connectivity index (χ4n) is 1.11. The summed E-state index contributed by atoms with van der Waals surface area (Å²) in [7, 11) is 1.61. The summed E-state index contributed by atoms with van der Waals surface area (Å²) in [5.41, 5.74) is 5.96. The molecular formula is C9H13ClN2O. The number of hydrogen-bond donors (Lipinski definition) is 1. The molecule has 13 heavy (non-hydrogen) atoms. The molecule has 0 fully saturated rings. The molecule has 0 aliphatic carbocycles. The third kappa shape index (κ3) is 1.99. The molecule has 4 heteroatoms. The lowest BCUT2D eigenvalue weighted by atomic mass is 9.97. The molecule has 0 saturated carbocycles. The van der Waals surface area contributed by atoms with E-state index in [9.17, 15) is 0 Å². The van der Waals surface area contributed by atoms with Crippen molar-refractivity contribution in [2.24, 2.45) is 5.73 Å². The molecule has 1 atom stereocenters. The van der Waals surface area contributed by atoms with E-state index in [0.717, 1.165) is 5.56 Å². The average molecular weight is 201 g/mol. The van der Waals surface area contributed by atoms with Crippen LogP contribution >= 0.6 is 11.6 Å². The lowest BCUT2D eigenvalue weighted by molar-refractivity contribution is 0.0101. The molecule has 0 aliphatic heterocycles. The highest BCUT2D eigenvalue weighted by Gasteiger charge is 2.26. The van der Waals surface area contributed by atoms with Gasteiger partial charge in [0.2, 0.25) is 0 Å². The Bertz CT molecular complexity index is 287. The molecule has 0 amide bonds. The quantitative estimate of drug-likeness (QED) is 0.806. The van der Waals surface area contributed by atoms with E-state index in [2.05, 4.69) is 4.98 Å². The van der Waals surface area contributed by atoms with E-state index in [-0.39, 0.29) is 0 Å². The van der Waals surface area contributed by atoms with Gasteiger partial charge in [0, 0.05) is 31.6 Å². The summed E-state index contributed by atoms with van der Waals surface area (Å²) in [4.78, 5) is 3.90. The van der Waals surface area contributed by atoms with Gasteiger partial charge in [0.05, 0.1) is 5.02 Å². The van der Waals surface area contributed by atoms with Crippen LogP contribution in [-0.4, -0.2) is 18.6 Å². The van der Waals surface area contributed by atoms with E-state index >= 15 is 0 Å². The molecule has 1 aromatic rings. The largest absolute Gasteiger partial charge is 0.372 e. The number of ether oxygens (including phenoxy) is 1. The Morgan fingerprint density at radius 2 is 2.38 bits per heavy atom. The molecule has 0 spiro atoms. The van der Waals surface area contributed by atoms with Gasteiger partial charge in [-0.25, -0.2) is 0 Å². The monoisotopic (exact) mass is 200 g/mol. The molecular weight excluding hydrogens is 188 g/mol. The van der Waals surface area contributed by atoms with Crippen molar-refractivity contribution in [1.82, 2.24) is 4.98 Å². The van der Waals surface area contributed by atoms with Gasteiger partial charge in [0.15, 0.2) is 0 Å². The molecule has 2 N–H and O–H groups in total. The molecule has 1 unspecified atom stereocenters. The van der Waals surface area contributed by atoms with Crippen molar-refractivity contribution >= 4 is 11.6 Å². The van der Waals surface area contributed by atoms with Crippen LogP contribution in [0.4, 0.5) is 0 Å². The molecule has 1 rings (SSSR count). The van der Waals surface area contributed by atoms with Gasteiger partial charge >= 0.3 is 0 Å². The molecule has 72 valence electrons. The zero-order valence-electron chi connectivity index (χ0n) is 7.75. The average Bonchev–Trinajstić information content (AvgIpc) is 2.17. The maximum Gasteiger partial charge on any atom is 0.104 e. The number of hydrogen-bond acceptors (Lipinski definition) is 3. The highest BCUT2D eigenvalue weighted by Crippen LogP contribution is 2.28. The summed E-state index contributed by atoms with van der Waals surface area (Å²) in [5, 5.41) is 0.581. The van der Waals surface area contributed by atoms with Crippen LogP contribution < -0.4 is 5.73 Å². The second-order valence-electron chi connectivity index (χ2n) is 2.99. The van der Waals surface area contributed by atoms with Crippen molar-refractivity contribution in [3.05, 3.63) is 29.0 Å². The third-order valence-electron chi connectivity index (χ3n) is 2.18. The zero-order valence-corrected chi connectivity index (χ0v) is 8.51. The summed E-state index contributed by atoms with van der Waals surface area (Å²) >= 11 is 5.97. The Morgan fingerprint density at radius 1 is 1.69 bits per heavy atom. The van der Waals surface area contributed by atoms with Crippen LogP contribution in [0.1, 0.15) is 12.5 Å². The number of aromatic nitrogens is 1. The van der Waals surface area contributed by atoms with E-state index in [0.29, 0.717) is 11.6 Å². The summed E-state index contributed by atoms with van der Waals surface area (Å²) in [6, 6.07) is 1.82. The number of methoxy groups -OCH3 is 1. The Hall–Kier alpha value is -0.640. The van der Waals surface area contributed by atoms with Gasteiger partial charge in [0.1, 0.15) is 5.60 Å². The van der Waals surface area contributed by atoms with Gasteiger partial charge in [0.25, 0.3) is 0 Å². The molecule has 0 radical (unpaired) electrons. The first kappa shape index (κ1) is 10.4. The van der Waals surface area contributed by atoms with Gasteiger partial charge < -0.3 is 10.5 Å². The van der Waals surface area contributed by atoms with E-state index in [4.69, 9.17) is 22.1 Å². The van der Waals surface area contributed by atoms with Crippen LogP contribution in [0.5, 0.6) is 0 Å².